The number of hydrogen-bond acceptors (Lipinski definition) is 5. The van der Waals surface area contributed by atoms with Crippen LogP contribution >= 0.6 is 11.6 Å². The lowest BCUT2D eigenvalue weighted by atomic mass is 9.82. The monoisotopic (exact) mass is 513 g/mol. The highest BCUT2D eigenvalue weighted by Gasteiger charge is 2.28. The zero-order valence-electron chi connectivity index (χ0n) is 20.5. The predicted octanol–water partition coefficient (Wildman–Crippen LogP) is 5.57. The summed E-state index contributed by atoms with van der Waals surface area (Å²) in [5, 5.41) is 8.97. The van der Waals surface area contributed by atoms with Crippen LogP contribution in [0.1, 0.15) is 63.7 Å². The molecule has 1 unspecified atom stereocenters. The van der Waals surface area contributed by atoms with E-state index in [4.69, 9.17) is 16.6 Å². The first-order valence-corrected chi connectivity index (χ1v) is 12.7. The predicted molar refractivity (Wildman–Crippen MR) is 139 cm³/mol. The van der Waals surface area contributed by atoms with Crippen LogP contribution in [0.25, 0.3) is 11.3 Å². The number of allylic oxidation sites excluding steroid dienone is 1. The Balaban J connectivity index is 1.66. The summed E-state index contributed by atoms with van der Waals surface area (Å²) < 4.78 is 4.66. The molecule has 2 heterocycles. The molecular weight excluding hydrogens is 482 g/mol. The molecule has 0 spiro atoms. The lowest BCUT2D eigenvalue weighted by molar-refractivity contribution is -0.127. The van der Waals surface area contributed by atoms with E-state index in [9.17, 15) is 14.4 Å². The molecule has 1 aromatic heterocycles. The van der Waals surface area contributed by atoms with Gasteiger partial charge in [-0.2, -0.15) is 0 Å². The molecule has 1 aromatic carbocycles. The number of carbonyl (C=O) groups is 3. The van der Waals surface area contributed by atoms with E-state index in [1.165, 1.54) is 7.11 Å². The molecule has 1 saturated carbocycles. The van der Waals surface area contributed by atoms with Crippen molar-refractivity contribution in [2.24, 2.45) is 11.8 Å². The number of aromatic amines is 1. The topological polar surface area (TPSA) is 125 Å². The first-order valence-electron chi connectivity index (χ1n) is 12.3. The van der Waals surface area contributed by atoms with Gasteiger partial charge in [-0.15, -0.1) is 0 Å². The summed E-state index contributed by atoms with van der Waals surface area (Å²) in [6, 6.07) is 4.65. The van der Waals surface area contributed by atoms with Crippen molar-refractivity contribution in [2.75, 3.05) is 17.7 Å². The van der Waals surface area contributed by atoms with Gasteiger partial charge in [0.15, 0.2) is 0 Å². The van der Waals surface area contributed by atoms with E-state index in [0.717, 1.165) is 25.7 Å². The highest BCUT2D eigenvalue weighted by Crippen LogP contribution is 2.36. The van der Waals surface area contributed by atoms with Gasteiger partial charge >= 0.3 is 6.09 Å². The number of amides is 3. The SMILES string of the molecule is COC(=O)Nc1ccc2c(c1)NC(=O)CCC=CCC(NC(=O)C1CCC(C)CC1)c1nc-2c(Cl)[nH]1. The molecule has 2 aromatic rings. The molecule has 0 radical (unpaired) electrons. The number of anilines is 2. The van der Waals surface area contributed by atoms with Crippen molar-refractivity contribution in [3.8, 4) is 11.3 Å². The second-order valence-corrected chi connectivity index (χ2v) is 9.85. The third kappa shape index (κ3) is 6.26. The molecule has 10 heteroatoms. The zero-order chi connectivity index (χ0) is 25.7. The Morgan fingerprint density at radius 2 is 1.94 bits per heavy atom. The van der Waals surface area contributed by atoms with Crippen LogP contribution in [0.5, 0.6) is 0 Å². The van der Waals surface area contributed by atoms with Gasteiger partial charge < -0.3 is 20.4 Å². The van der Waals surface area contributed by atoms with E-state index in [-0.39, 0.29) is 30.2 Å². The second-order valence-electron chi connectivity index (χ2n) is 9.47. The number of ether oxygens (including phenoxy) is 1. The summed E-state index contributed by atoms with van der Waals surface area (Å²) in [6.45, 7) is 2.23. The lowest BCUT2D eigenvalue weighted by Crippen LogP contribution is -2.36. The third-order valence-electron chi connectivity index (χ3n) is 6.77. The maximum Gasteiger partial charge on any atom is 0.411 e. The molecule has 2 bridgehead atoms. The minimum atomic E-state index is -0.623. The van der Waals surface area contributed by atoms with Gasteiger partial charge in [0.05, 0.1) is 18.8 Å². The zero-order valence-corrected chi connectivity index (χ0v) is 21.3. The number of methoxy groups -OCH3 is 1. The van der Waals surface area contributed by atoms with Crippen molar-refractivity contribution in [3.63, 3.8) is 0 Å². The third-order valence-corrected chi connectivity index (χ3v) is 7.04. The fourth-order valence-corrected chi connectivity index (χ4v) is 4.88. The Kier molecular flexibility index (Phi) is 8.30. The number of fused-ring (bicyclic) bond motifs is 4. The summed E-state index contributed by atoms with van der Waals surface area (Å²) in [5.74, 6) is 1.06. The number of halogens is 1. The number of carbonyl (C=O) groups excluding carboxylic acids is 3. The minimum Gasteiger partial charge on any atom is -0.453 e. The van der Waals surface area contributed by atoms with Crippen molar-refractivity contribution in [2.45, 2.75) is 57.9 Å². The number of nitrogens with zero attached hydrogens (tertiary/aromatic N) is 1. The quantitative estimate of drug-likeness (QED) is 0.399. The number of H-pyrrole nitrogens is 1. The maximum atomic E-state index is 13.1. The van der Waals surface area contributed by atoms with E-state index in [1.54, 1.807) is 18.2 Å². The molecule has 1 fully saturated rings. The van der Waals surface area contributed by atoms with Gasteiger partial charge in [0.25, 0.3) is 0 Å². The van der Waals surface area contributed by atoms with Crippen LogP contribution in [0.4, 0.5) is 16.2 Å². The first kappa shape index (κ1) is 25.8. The summed E-state index contributed by atoms with van der Waals surface area (Å²) in [5.41, 5.74) is 1.93. The van der Waals surface area contributed by atoms with Crippen LogP contribution in [0.2, 0.25) is 5.15 Å². The van der Waals surface area contributed by atoms with Gasteiger partial charge in [-0.3, -0.25) is 14.9 Å². The summed E-state index contributed by atoms with van der Waals surface area (Å²) >= 11 is 6.58. The highest BCUT2D eigenvalue weighted by atomic mass is 35.5. The maximum absolute atomic E-state index is 13.1. The normalized spacial score (nSPS) is 22.2. The highest BCUT2D eigenvalue weighted by molar-refractivity contribution is 6.32. The molecule has 9 nitrogen and oxygen atoms in total. The molecule has 4 rings (SSSR count). The average Bonchev–Trinajstić information content (AvgIpc) is 3.24. The molecule has 36 heavy (non-hydrogen) atoms. The van der Waals surface area contributed by atoms with Crippen molar-refractivity contribution in [3.05, 3.63) is 41.3 Å². The van der Waals surface area contributed by atoms with Gasteiger partial charge in [-0.05, 0) is 62.6 Å². The number of hydrogen-bond donors (Lipinski definition) is 4. The Morgan fingerprint density at radius 3 is 2.69 bits per heavy atom. The average molecular weight is 514 g/mol. The second kappa shape index (κ2) is 11.6. The van der Waals surface area contributed by atoms with Crippen LogP contribution in [0.3, 0.4) is 0 Å². The van der Waals surface area contributed by atoms with Crippen molar-refractivity contribution < 1.29 is 19.1 Å². The van der Waals surface area contributed by atoms with Crippen molar-refractivity contribution >= 4 is 40.9 Å². The van der Waals surface area contributed by atoms with Gasteiger partial charge in [-0.25, -0.2) is 9.78 Å². The van der Waals surface area contributed by atoms with Crippen molar-refractivity contribution in [1.29, 1.82) is 0 Å². The summed E-state index contributed by atoms with van der Waals surface area (Å²) in [4.78, 5) is 45.2. The van der Waals surface area contributed by atoms with Gasteiger partial charge in [0.1, 0.15) is 16.7 Å². The van der Waals surface area contributed by atoms with Crippen LogP contribution in [-0.4, -0.2) is 35.0 Å². The summed E-state index contributed by atoms with van der Waals surface area (Å²) in [6.07, 6.45) is 8.52. The van der Waals surface area contributed by atoms with Gasteiger partial charge in [0.2, 0.25) is 11.8 Å². The van der Waals surface area contributed by atoms with Crippen LogP contribution in [-0.2, 0) is 14.3 Å². The van der Waals surface area contributed by atoms with E-state index in [0.29, 0.717) is 52.4 Å². The Hall–Kier alpha value is -3.33. The van der Waals surface area contributed by atoms with E-state index < -0.39 is 6.09 Å². The number of rotatable bonds is 3. The number of aromatic nitrogens is 2. The molecule has 4 N–H and O–H groups in total. The molecule has 0 saturated heterocycles. The van der Waals surface area contributed by atoms with Crippen LogP contribution < -0.4 is 16.0 Å². The standard InChI is InChI=1S/C26H32ClN5O4/c1-15-8-10-16(11-9-15)25(34)30-19-6-4-3-5-7-21(33)29-20-14-17(28-26(35)36-2)12-13-18(20)22-23(27)32-24(19)31-22/h3-4,12-16,19H,5-11H2,1-2H3,(H,28,35)(H,29,33)(H,30,34)(H,31,32). The molecule has 1 aliphatic carbocycles. The largest absolute Gasteiger partial charge is 0.453 e. The number of benzene rings is 1. The van der Waals surface area contributed by atoms with E-state index in [2.05, 4.69) is 32.6 Å². The Labute approximate surface area is 215 Å². The molecule has 3 amide bonds. The van der Waals surface area contributed by atoms with Crippen LogP contribution in [0.15, 0.2) is 30.4 Å². The fourth-order valence-electron chi connectivity index (χ4n) is 4.64. The van der Waals surface area contributed by atoms with Crippen molar-refractivity contribution in [1.82, 2.24) is 15.3 Å². The smallest absolute Gasteiger partial charge is 0.411 e. The summed E-state index contributed by atoms with van der Waals surface area (Å²) in [7, 11) is 1.27. The molecular formula is C26H32ClN5O4. The number of imidazole rings is 1. The van der Waals surface area contributed by atoms with E-state index >= 15 is 0 Å². The van der Waals surface area contributed by atoms with Crippen LogP contribution in [0, 0.1) is 11.8 Å². The Bertz CT molecular complexity index is 1150. The molecule has 2 aliphatic rings. The lowest BCUT2D eigenvalue weighted by Gasteiger charge is -2.27. The minimum absolute atomic E-state index is 0.00273. The molecule has 1 aliphatic heterocycles. The first-order chi connectivity index (χ1) is 17.3. The fraction of sp³-hybridized carbons (Fsp3) is 0.462. The molecule has 192 valence electrons. The van der Waals surface area contributed by atoms with Gasteiger partial charge in [-0.1, -0.05) is 30.7 Å². The van der Waals surface area contributed by atoms with E-state index in [1.807, 2.05) is 12.2 Å². The number of nitrogens with one attached hydrogen (secondary N) is 4. The Morgan fingerprint density at radius 1 is 1.17 bits per heavy atom. The molecule has 1 atom stereocenters. The van der Waals surface area contributed by atoms with Gasteiger partial charge in [0, 0.05) is 23.6 Å².